The molecule has 2 aliphatic rings. The molecule has 2 atom stereocenters. The number of halogens is 3. The normalized spacial score (nSPS) is 25.0. The minimum atomic E-state index is -4.49. The van der Waals surface area contributed by atoms with Gasteiger partial charge >= 0.3 is 6.18 Å². The van der Waals surface area contributed by atoms with Crippen molar-refractivity contribution in [2.75, 3.05) is 19.6 Å². The second kappa shape index (κ2) is 8.37. The third-order valence-electron chi connectivity index (χ3n) is 5.48. The van der Waals surface area contributed by atoms with Crippen molar-refractivity contribution < 1.29 is 18.0 Å². The summed E-state index contributed by atoms with van der Waals surface area (Å²) in [5.41, 5.74) is -0.796. The molecule has 2 unspecified atom stereocenters. The van der Waals surface area contributed by atoms with Gasteiger partial charge in [-0.15, -0.1) is 0 Å². The number of rotatable bonds is 4. The number of amides is 1. The van der Waals surface area contributed by atoms with Gasteiger partial charge in [-0.1, -0.05) is 19.3 Å². The fourth-order valence-corrected chi connectivity index (χ4v) is 4.04. The van der Waals surface area contributed by atoms with Gasteiger partial charge in [0.15, 0.2) is 0 Å². The second-order valence-electron chi connectivity index (χ2n) is 7.42. The molecule has 1 aromatic heterocycles. The highest BCUT2D eigenvalue weighted by Crippen LogP contribution is 2.28. The molecule has 0 bridgehead atoms. The van der Waals surface area contributed by atoms with E-state index in [1.54, 1.807) is 0 Å². The Bertz CT molecular complexity index is 597. The summed E-state index contributed by atoms with van der Waals surface area (Å²) in [4.78, 5) is 18.3. The summed E-state index contributed by atoms with van der Waals surface area (Å²) in [6.07, 6.45) is 4.56. The van der Waals surface area contributed by atoms with E-state index in [1.807, 2.05) is 0 Å². The van der Waals surface area contributed by atoms with Crippen LogP contribution in [-0.4, -0.2) is 41.5 Å². The fraction of sp³-hybridized carbons (Fsp3) is 0.684. The highest BCUT2D eigenvalue weighted by molar-refractivity contribution is 5.94. The molecule has 1 aliphatic carbocycles. The third-order valence-corrected chi connectivity index (χ3v) is 5.48. The number of hydrogen-bond donors (Lipinski definition) is 1. The van der Waals surface area contributed by atoms with Crippen molar-refractivity contribution in [3.63, 3.8) is 0 Å². The van der Waals surface area contributed by atoms with Crippen molar-refractivity contribution in [2.45, 2.75) is 57.2 Å². The van der Waals surface area contributed by atoms with Crippen LogP contribution in [0.4, 0.5) is 13.2 Å². The van der Waals surface area contributed by atoms with Gasteiger partial charge in [-0.2, -0.15) is 13.2 Å². The number of nitrogens with zero attached hydrogens (tertiary/aromatic N) is 2. The maximum atomic E-state index is 12.6. The molecule has 0 aromatic carbocycles. The topological polar surface area (TPSA) is 45.2 Å². The van der Waals surface area contributed by atoms with Crippen molar-refractivity contribution >= 4 is 5.91 Å². The molecule has 4 nitrogen and oxygen atoms in total. The van der Waals surface area contributed by atoms with Crippen molar-refractivity contribution in [3.05, 3.63) is 29.6 Å². The fourth-order valence-electron chi connectivity index (χ4n) is 4.04. The van der Waals surface area contributed by atoms with Crippen molar-refractivity contribution in [3.8, 4) is 0 Å². The number of pyridine rings is 1. The van der Waals surface area contributed by atoms with Gasteiger partial charge in [0, 0.05) is 18.8 Å². The average Bonchev–Trinajstić information content (AvgIpc) is 2.63. The lowest BCUT2D eigenvalue weighted by molar-refractivity contribution is -0.141. The zero-order valence-corrected chi connectivity index (χ0v) is 14.9. The molecule has 144 valence electrons. The summed E-state index contributed by atoms with van der Waals surface area (Å²) in [6, 6.07) is 2.15. The molecule has 0 spiro atoms. The highest BCUT2D eigenvalue weighted by Gasteiger charge is 2.33. The van der Waals surface area contributed by atoms with Crippen molar-refractivity contribution in [1.29, 1.82) is 0 Å². The van der Waals surface area contributed by atoms with E-state index in [0.717, 1.165) is 51.2 Å². The molecule has 1 N–H and O–H groups in total. The van der Waals surface area contributed by atoms with Crippen LogP contribution in [0.25, 0.3) is 0 Å². The van der Waals surface area contributed by atoms with Crippen LogP contribution in [-0.2, 0) is 6.18 Å². The molecule has 2 fully saturated rings. The number of piperidine rings is 1. The first-order chi connectivity index (χ1) is 12.4. The summed E-state index contributed by atoms with van der Waals surface area (Å²) >= 11 is 0. The van der Waals surface area contributed by atoms with Crippen LogP contribution in [0, 0.1) is 5.92 Å². The molecule has 1 amide bonds. The van der Waals surface area contributed by atoms with Gasteiger partial charge in [0.25, 0.3) is 5.91 Å². The van der Waals surface area contributed by atoms with Gasteiger partial charge in [0.05, 0.1) is 5.56 Å². The Labute approximate surface area is 152 Å². The smallest absolute Gasteiger partial charge is 0.349 e. The van der Waals surface area contributed by atoms with E-state index in [-0.39, 0.29) is 17.5 Å². The zero-order chi connectivity index (χ0) is 18.6. The lowest BCUT2D eigenvalue weighted by Gasteiger charge is -2.37. The van der Waals surface area contributed by atoms with Crippen LogP contribution >= 0.6 is 0 Å². The summed E-state index contributed by atoms with van der Waals surface area (Å²) in [5, 5.41) is 3.05. The van der Waals surface area contributed by atoms with Gasteiger partial charge in [-0.05, 0) is 56.8 Å². The van der Waals surface area contributed by atoms with Gasteiger partial charge in [-0.25, -0.2) is 0 Å². The van der Waals surface area contributed by atoms with Gasteiger partial charge in [0.1, 0.15) is 5.69 Å². The van der Waals surface area contributed by atoms with E-state index in [9.17, 15) is 18.0 Å². The lowest BCUT2D eigenvalue weighted by Crippen LogP contribution is -2.47. The first kappa shape index (κ1) is 19.1. The van der Waals surface area contributed by atoms with Crippen LogP contribution in [0.3, 0.4) is 0 Å². The summed E-state index contributed by atoms with van der Waals surface area (Å²) in [5.74, 6) is 0.0787. The Morgan fingerprint density at radius 2 is 1.85 bits per heavy atom. The predicted molar refractivity (Wildman–Crippen MR) is 92.7 cm³/mol. The standard InChI is InChI=1S/C19H26F3N3O/c20-19(21,22)17-9-8-14(12-23-17)18(26)24-16-7-3-2-6-15(16)13-25-10-4-1-5-11-25/h8-9,12,15-16H,1-7,10-11,13H2,(H,24,26). The first-order valence-electron chi connectivity index (χ1n) is 9.50. The Morgan fingerprint density at radius 3 is 2.50 bits per heavy atom. The number of hydrogen-bond acceptors (Lipinski definition) is 3. The van der Waals surface area contributed by atoms with Crippen LogP contribution < -0.4 is 5.32 Å². The van der Waals surface area contributed by atoms with E-state index in [4.69, 9.17) is 0 Å². The Balaban J connectivity index is 1.60. The van der Waals surface area contributed by atoms with E-state index in [2.05, 4.69) is 15.2 Å². The number of carbonyl (C=O) groups excluding carboxylic acids is 1. The van der Waals surface area contributed by atoms with Gasteiger partial charge < -0.3 is 10.2 Å². The molecule has 1 aromatic rings. The predicted octanol–water partition coefficient (Wildman–Crippen LogP) is 3.87. The molecule has 2 heterocycles. The van der Waals surface area contributed by atoms with Gasteiger partial charge in [-0.3, -0.25) is 9.78 Å². The minimum Gasteiger partial charge on any atom is -0.349 e. The average molecular weight is 369 g/mol. The first-order valence-corrected chi connectivity index (χ1v) is 9.50. The number of likely N-dealkylation sites (tertiary alicyclic amines) is 1. The summed E-state index contributed by atoms with van der Waals surface area (Å²) in [6.45, 7) is 3.25. The molecule has 26 heavy (non-hydrogen) atoms. The second-order valence-corrected chi connectivity index (χ2v) is 7.42. The molecular formula is C19H26F3N3O. The molecular weight excluding hydrogens is 343 g/mol. The maximum absolute atomic E-state index is 12.6. The number of nitrogens with one attached hydrogen (secondary N) is 1. The van der Waals surface area contributed by atoms with Crippen molar-refractivity contribution in [2.24, 2.45) is 5.92 Å². The summed E-state index contributed by atoms with van der Waals surface area (Å²) in [7, 11) is 0. The van der Waals surface area contributed by atoms with Crippen LogP contribution in [0.5, 0.6) is 0 Å². The number of carbonyl (C=O) groups is 1. The maximum Gasteiger partial charge on any atom is 0.433 e. The largest absolute Gasteiger partial charge is 0.433 e. The van der Waals surface area contributed by atoms with Crippen molar-refractivity contribution in [1.82, 2.24) is 15.2 Å². The number of alkyl halides is 3. The molecule has 1 aliphatic heterocycles. The Morgan fingerprint density at radius 1 is 1.12 bits per heavy atom. The SMILES string of the molecule is O=C(NC1CCCCC1CN1CCCCC1)c1ccc(C(F)(F)F)nc1. The van der Waals surface area contributed by atoms with E-state index < -0.39 is 11.9 Å². The molecule has 0 radical (unpaired) electrons. The zero-order valence-electron chi connectivity index (χ0n) is 14.9. The third kappa shape index (κ3) is 4.96. The Kier molecular flexibility index (Phi) is 6.16. The molecule has 3 rings (SSSR count). The van der Waals surface area contributed by atoms with Crippen LogP contribution in [0.2, 0.25) is 0 Å². The highest BCUT2D eigenvalue weighted by atomic mass is 19.4. The Hall–Kier alpha value is -1.63. The van der Waals surface area contributed by atoms with Gasteiger partial charge in [0.2, 0.25) is 0 Å². The van der Waals surface area contributed by atoms with E-state index in [1.165, 1.54) is 31.7 Å². The molecule has 1 saturated carbocycles. The lowest BCUT2D eigenvalue weighted by atomic mass is 9.83. The summed E-state index contributed by atoms with van der Waals surface area (Å²) < 4.78 is 37.8. The van der Waals surface area contributed by atoms with Crippen LogP contribution in [0.15, 0.2) is 18.3 Å². The number of aromatic nitrogens is 1. The van der Waals surface area contributed by atoms with Crippen LogP contribution in [0.1, 0.15) is 61.0 Å². The minimum absolute atomic E-state index is 0.0838. The quantitative estimate of drug-likeness (QED) is 0.876. The molecule has 1 saturated heterocycles. The monoisotopic (exact) mass is 369 g/mol. The molecule has 7 heteroatoms. The van der Waals surface area contributed by atoms with E-state index >= 15 is 0 Å². The van der Waals surface area contributed by atoms with E-state index in [0.29, 0.717) is 5.92 Å².